The maximum Gasteiger partial charge on any atom is 0.264 e. The topological polar surface area (TPSA) is 199 Å². The minimum atomic E-state index is -2.69. The first-order valence-corrected chi connectivity index (χ1v) is 25.2. The van der Waals surface area contributed by atoms with Crippen LogP contribution in [0, 0.1) is 5.92 Å². The van der Waals surface area contributed by atoms with Gasteiger partial charge < -0.3 is 54.9 Å². The fourth-order valence-corrected chi connectivity index (χ4v) is 14.3. The molecular formula is C49H63N3O11Si. The number of hydrogen-bond donors (Lipinski definition) is 6. The Morgan fingerprint density at radius 3 is 2.33 bits per heavy atom. The van der Waals surface area contributed by atoms with Crippen molar-refractivity contribution in [2.45, 2.75) is 127 Å². The first-order chi connectivity index (χ1) is 30.4. The fourth-order valence-electron chi connectivity index (χ4n) is 10.3. The highest BCUT2D eigenvalue weighted by molar-refractivity contribution is 6.91. The number of aliphatic hydroxyl groups excluding tert-OH is 5. The van der Waals surface area contributed by atoms with Gasteiger partial charge in [0.1, 0.15) is 24.1 Å². The van der Waals surface area contributed by atoms with E-state index >= 15 is 4.79 Å². The summed E-state index contributed by atoms with van der Waals surface area (Å²) in [6, 6.07) is 20.5. The van der Waals surface area contributed by atoms with Gasteiger partial charge in [0.2, 0.25) is 5.91 Å². The number of carbonyl (C=O) groups excluding carboxylic acids is 3. The molecule has 7 rings (SSSR count). The molecule has 15 heteroatoms. The van der Waals surface area contributed by atoms with E-state index in [0.717, 1.165) is 34.7 Å². The number of fused-ring (bicyclic) bond motifs is 3. The van der Waals surface area contributed by atoms with Crippen molar-refractivity contribution in [3.05, 3.63) is 107 Å². The van der Waals surface area contributed by atoms with Crippen LogP contribution < -0.4 is 20.1 Å². The minimum Gasteiger partial charge on any atom is -0.497 e. The van der Waals surface area contributed by atoms with E-state index in [0.29, 0.717) is 30.0 Å². The maximum absolute atomic E-state index is 15.5. The molecule has 14 nitrogen and oxygen atoms in total. The monoisotopic (exact) mass is 897 g/mol. The van der Waals surface area contributed by atoms with Crippen molar-refractivity contribution in [1.29, 1.82) is 0 Å². The van der Waals surface area contributed by atoms with E-state index in [1.165, 1.54) is 5.57 Å². The summed E-state index contributed by atoms with van der Waals surface area (Å²) in [5, 5.41) is 55.6. The number of methoxy groups -OCH3 is 1. The number of aliphatic hydroxyl groups is 5. The van der Waals surface area contributed by atoms with E-state index in [2.05, 4.69) is 38.3 Å². The van der Waals surface area contributed by atoms with Crippen LogP contribution in [0.25, 0.3) is 0 Å². The summed E-state index contributed by atoms with van der Waals surface area (Å²) in [6.07, 6.45) is -3.54. The number of allylic oxidation sites excluding steroid dienone is 3. The van der Waals surface area contributed by atoms with E-state index in [4.69, 9.17) is 14.2 Å². The standard InChI is InChI=1S/C49H63N3O11Si/c1-28(2)11-10-12-29(3)21-22-51-38-20-15-33(50-46(58)44-42(56)41(55)43(57)47(59)62-44)24-37(38)49(48(51)60)30(4)45(64(6,7)36-18-16-35(61-5)17-19-36)39(63-49)25-40(54)52-26-32-14-9-8-13-31(32)23-34(52)27-53/h8-9,11,13-21,24,30,34,39,41-45,47,53,55-57,59H,10,12,22-23,25-27H2,1-7H3,(H,50,58)/b29-21+/t30-,34+,39+,41+,42+,43-,44+,45-,47-,49+/m1/s1. The smallest absolute Gasteiger partial charge is 0.264 e. The number of amides is 3. The molecule has 4 aliphatic rings. The molecule has 2 fully saturated rings. The summed E-state index contributed by atoms with van der Waals surface area (Å²) in [4.78, 5) is 47.3. The molecular weight excluding hydrogens is 835 g/mol. The SMILES string of the molecule is COc1ccc([Si](C)(C)[C@H]2[C@H](CC(=O)N3Cc4ccccc4C[C@H]3CO)O[C@@]3(C(=O)N(C/C=C(\C)CCC=C(C)C)c4ccc(NC(=O)[C@H]5O[C@@H](O)[C@H](O)[C@@H](O)[C@@H]5O)cc43)[C@@H]2C)cc1. The molecule has 0 radical (unpaired) electrons. The molecule has 3 amide bonds. The van der Waals surface area contributed by atoms with Gasteiger partial charge in [0.15, 0.2) is 18.0 Å². The number of nitrogens with zero attached hydrogens (tertiary/aromatic N) is 2. The van der Waals surface area contributed by atoms with Crippen LogP contribution in [0.5, 0.6) is 5.75 Å². The molecule has 4 aliphatic heterocycles. The van der Waals surface area contributed by atoms with Gasteiger partial charge >= 0.3 is 0 Å². The summed E-state index contributed by atoms with van der Waals surface area (Å²) in [6.45, 7) is 13.0. The highest BCUT2D eigenvalue weighted by atomic mass is 28.3. The lowest BCUT2D eigenvalue weighted by Crippen LogP contribution is -2.60. The van der Waals surface area contributed by atoms with Crippen LogP contribution in [-0.4, -0.2) is 119 Å². The normalized spacial score (nSPS) is 29.1. The number of anilines is 2. The highest BCUT2D eigenvalue weighted by Crippen LogP contribution is 2.60. The number of ether oxygens (including phenoxy) is 3. The molecule has 2 saturated heterocycles. The van der Waals surface area contributed by atoms with Gasteiger partial charge in [0, 0.05) is 30.3 Å². The van der Waals surface area contributed by atoms with Gasteiger partial charge in [0.25, 0.3) is 11.8 Å². The predicted octanol–water partition coefficient (Wildman–Crippen LogP) is 4.02. The number of benzene rings is 3. The molecule has 4 heterocycles. The van der Waals surface area contributed by atoms with Crippen molar-refractivity contribution in [1.82, 2.24) is 4.90 Å². The minimum absolute atomic E-state index is 0.0438. The van der Waals surface area contributed by atoms with Gasteiger partial charge in [-0.15, -0.1) is 0 Å². The van der Waals surface area contributed by atoms with Gasteiger partial charge in [-0.25, -0.2) is 0 Å². The van der Waals surface area contributed by atoms with Gasteiger partial charge in [0.05, 0.1) is 46.0 Å². The first kappa shape index (κ1) is 47.3. The number of rotatable bonds is 13. The van der Waals surface area contributed by atoms with Crippen molar-refractivity contribution in [2.24, 2.45) is 5.92 Å². The van der Waals surface area contributed by atoms with Gasteiger partial charge in [-0.05, 0) is 87.0 Å². The second kappa shape index (κ2) is 19.0. The lowest BCUT2D eigenvalue weighted by Gasteiger charge is -2.39. The summed E-state index contributed by atoms with van der Waals surface area (Å²) < 4.78 is 18.0. The Labute approximate surface area is 376 Å². The molecule has 10 atom stereocenters. The Morgan fingerprint density at radius 1 is 0.953 bits per heavy atom. The maximum atomic E-state index is 15.5. The van der Waals surface area contributed by atoms with Crippen molar-refractivity contribution in [3.63, 3.8) is 0 Å². The Bertz CT molecular complexity index is 2280. The highest BCUT2D eigenvalue weighted by Gasteiger charge is 2.66. The van der Waals surface area contributed by atoms with Crippen molar-refractivity contribution < 1.29 is 54.1 Å². The Kier molecular flexibility index (Phi) is 14.0. The van der Waals surface area contributed by atoms with Crippen LogP contribution in [-0.2, 0) is 42.4 Å². The molecule has 3 aromatic carbocycles. The van der Waals surface area contributed by atoms with Crippen molar-refractivity contribution in [2.75, 3.05) is 30.5 Å². The number of hydrogen-bond acceptors (Lipinski definition) is 11. The average molecular weight is 898 g/mol. The third-order valence-electron chi connectivity index (χ3n) is 13.9. The van der Waals surface area contributed by atoms with Gasteiger partial charge in [-0.2, -0.15) is 0 Å². The average Bonchev–Trinajstić information content (AvgIpc) is 3.70. The van der Waals surface area contributed by atoms with E-state index in [-0.39, 0.29) is 42.6 Å². The van der Waals surface area contributed by atoms with Crippen LogP contribution in [0.3, 0.4) is 0 Å². The summed E-state index contributed by atoms with van der Waals surface area (Å²) in [5.41, 5.74) is 3.84. The second-order valence-electron chi connectivity index (χ2n) is 18.6. The summed E-state index contributed by atoms with van der Waals surface area (Å²) in [7, 11) is -1.08. The van der Waals surface area contributed by atoms with Gasteiger partial charge in [-0.1, -0.05) is 84.9 Å². The zero-order valence-electron chi connectivity index (χ0n) is 37.7. The number of nitrogens with one attached hydrogen (secondary N) is 1. The molecule has 0 saturated carbocycles. The largest absolute Gasteiger partial charge is 0.497 e. The number of carbonyl (C=O) groups is 3. The molecule has 0 aliphatic carbocycles. The van der Waals surface area contributed by atoms with E-state index < -0.39 is 68.4 Å². The molecule has 6 N–H and O–H groups in total. The van der Waals surface area contributed by atoms with E-state index in [9.17, 15) is 35.1 Å². The molecule has 0 bridgehead atoms. The lowest BCUT2D eigenvalue weighted by atomic mass is 9.82. The summed E-state index contributed by atoms with van der Waals surface area (Å²) in [5.74, 6) is -1.17. The third kappa shape index (κ3) is 8.84. The molecule has 3 aromatic rings. The van der Waals surface area contributed by atoms with Crippen LogP contribution >= 0.6 is 0 Å². The fraction of sp³-hybridized carbons (Fsp3) is 0.490. The molecule has 344 valence electrons. The van der Waals surface area contributed by atoms with Gasteiger partial charge in [-0.3, -0.25) is 14.4 Å². The molecule has 0 unspecified atom stereocenters. The Balaban J connectivity index is 1.30. The third-order valence-corrected chi connectivity index (χ3v) is 18.3. The van der Waals surface area contributed by atoms with Crippen LogP contribution in [0.1, 0.15) is 63.6 Å². The zero-order chi connectivity index (χ0) is 46.2. The Morgan fingerprint density at radius 2 is 1.66 bits per heavy atom. The van der Waals surface area contributed by atoms with Crippen molar-refractivity contribution >= 4 is 42.4 Å². The molecule has 64 heavy (non-hydrogen) atoms. The Hall–Kier alpha value is -4.71. The van der Waals surface area contributed by atoms with Crippen LogP contribution in [0.2, 0.25) is 18.6 Å². The van der Waals surface area contributed by atoms with E-state index in [1.807, 2.05) is 68.5 Å². The van der Waals surface area contributed by atoms with Crippen LogP contribution in [0.4, 0.5) is 11.4 Å². The lowest BCUT2D eigenvalue weighted by molar-refractivity contribution is -0.274. The molecule has 1 spiro atoms. The quantitative estimate of drug-likeness (QED) is 0.107. The first-order valence-electron chi connectivity index (χ1n) is 22.2. The van der Waals surface area contributed by atoms with E-state index in [1.54, 1.807) is 35.1 Å². The zero-order valence-corrected chi connectivity index (χ0v) is 38.7. The molecule has 0 aromatic heterocycles. The summed E-state index contributed by atoms with van der Waals surface area (Å²) >= 11 is 0. The predicted molar refractivity (Wildman–Crippen MR) is 245 cm³/mol. The van der Waals surface area contributed by atoms with Crippen LogP contribution in [0.15, 0.2) is 90.0 Å². The second-order valence-corrected chi connectivity index (χ2v) is 23.3. The van der Waals surface area contributed by atoms with Crippen molar-refractivity contribution in [3.8, 4) is 5.75 Å².